The number of benzene rings is 3. The molecule has 0 heterocycles. The second kappa shape index (κ2) is 13.0. The van der Waals surface area contributed by atoms with Gasteiger partial charge in [0.05, 0.1) is 0 Å². The van der Waals surface area contributed by atoms with Crippen LogP contribution in [-0.2, 0) is 9.84 Å². The molecule has 11 heteroatoms. The maximum absolute atomic E-state index is 12.7. The van der Waals surface area contributed by atoms with Gasteiger partial charge in [-0.2, -0.15) is 0 Å². The van der Waals surface area contributed by atoms with Gasteiger partial charge in [0.15, 0.2) is 0 Å². The van der Waals surface area contributed by atoms with Gasteiger partial charge in [0, 0.05) is 0 Å². The van der Waals surface area contributed by atoms with Crippen molar-refractivity contribution >= 4 is 36.2 Å². The molecular weight excluding hydrogens is 2060 g/mol. The molecular formula is C16H14O2Ra8S. The van der Waals surface area contributed by atoms with Crippen LogP contribution in [0.15, 0.2) is 4.90 Å². The molecule has 0 fully saturated rings. The van der Waals surface area contributed by atoms with E-state index in [1.807, 2.05) is 1.81 Å². The van der Waals surface area contributed by atoms with E-state index in [0.29, 0.717) is 128 Å². The number of rotatable bonds is 1. The zero-order chi connectivity index (χ0) is 20.6. The van der Waals surface area contributed by atoms with Gasteiger partial charge in [-0.3, -0.25) is 0 Å². The molecule has 0 aliphatic rings. The first kappa shape index (κ1) is 31.4. The van der Waals surface area contributed by atoms with E-state index >= 15 is 0 Å². The zero-order valence-electron chi connectivity index (χ0n) is 18.2. The molecule has 0 atom stereocenters. The first-order valence-corrected chi connectivity index (χ1v) is 44.2. The maximum atomic E-state index is 12.7. The van der Waals surface area contributed by atoms with Crippen LogP contribution in [0.4, 0.5) is 0 Å². The van der Waals surface area contributed by atoms with Gasteiger partial charge in [0.25, 0.3) is 0 Å². The third-order valence-corrected chi connectivity index (χ3v) is 84.0. The fourth-order valence-corrected chi connectivity index (χ4v) is 98.4. The molecule has 112 valence electrons. The summed E-state index contributed by atoms with van der Waals surface area (Å²) in [6.07, 6.45) is 1.48. The molecule has 0 unspecified atom stereocenters. The molecule has 2 nitrogen and oxygen atoms in total. The monoisotopic (exact) mass is 2080 g/mol. The molecule has 0 N–H and O–H groups in total. The minimum atomic E-state index is -3.06. The normalized spacial score (nSPS) is 11.8. The summed E-state index contributed by atoms with van der Waals surface area (Å²) in [6, 6.07) is 0. The Morgan fingerprint density at radius 1 is 0.519 bits per heavy atom. The molecule has 0 aliphatic carbocycles. The molecule has 0 amide bonds. The van der Waals surface area contributed by atoms with E-state index < -0.39 is 9.84 Å². The predicted molar refractivity (Wildman–Crippen MR) is 87.5 cm³/mol. The molecule has 3 aromatic rings. The fraction of sp³-hybridized carbons (Fsp3) is 0.125. The molecule has 3 aromatic carbocycles. The van der Waals surface area contributed by atoms with Crippen LogP contribution in [-0.4, -0.2) is 14.7 Å². The Morgan fingerprint density at radius 3 is 1.33 bits per heavy atom. The van der Waals surface area contributed by atoms with Crippen molar-refractivity contribution in [3.05, 3.63) is 5.56 Å². The third-order valence-electron chi connectivity index (χ3n) is 6.80. The number of fused-ring (bicyclic) bond motifs is 2. The quantitative estimate of drug-likeness (QED) is 0.229. The average Bonchev–Trinajstić information content (AvgIpc) is 2.56. The molecule has 0 saturated heterocycles. The van der Waals surface area contributed by atoms with E-state index in [1.165, 1.54) is 7.46 Å². The van der Waals surface area contributed by atoms with Crippen molar-refractivity contribution in [2.24, 2.45) is 0 Å². The van der Waals surface area contributed by atoms with Gasteiger partial charge in [0.1, 0.15) is 0 Å². The van der Waals surface area contributed by atoms with Gasteiger partial charge in [-0.15, -0.1) is 0 Å². The van der Waals surface area contributed by atoms with E-state index in [9.17, 15) is 8.42 Å². The first-order chi connectivity index (χ1) is 12.3. The Hall–Kier alpha value is 9.87. The summed E-state index contributed by atoms with van der Waals surface area (Å²) in [5, 5.41) is 6.74. The summed E-state index contributed by atoms with van der Waals surface area (Å²) >= 11 is 2.03. The van der Waals surface area contributed by atoms with Crippen LogP contribution in [0.3, 0.4) is 0 Å². The summed E-state index contributed by atoms with van der Waals surface area (Å²) < 4.78 is 38.7. The van der Waals surface area contributed by atoms with Gasteiger partial charge < -0.3 is 0 Å². The van der Waals surface area contributed by atoms with Crippen molar-refractivity contribution in [1.82, 2.24) is 0 Å². The van der Waals surface area contributed by atoms with Gasteiger partial charge in [-0.1, -0.05) is 0 Å². The molecule has 3 rings (SSSR count). The van der Waals surface area contributed by atoms with Crippen molar-refractivity contribution in [3.8, 4) is 0 Å². The zero-order valence-corrected chi connectivity index (χ0v) is 84.8. The Bertz CT molecular complexity index is 1280. The standard InChI is InChI=1S/C16H6O2S.8Ra.8H/c1-11-3-4-12-9-15-10-16(19(2,17)18)6-5-13(15)8-14(12)7-11;;;;;;;;;;;;;;;;/h1-2H3;;;;;;;;;;;;;;;;. The molecule has 0 radical (unpaired) electrons. The topological polar surface area (TPSA) is 34.1 Å². The van der Waals surface area contributed by atoms with Crippen molar-refractivity contribution in [1.29, 1.82) is 0 Å². The molecule has 0 aromatic heterocycles. The Kier molecular flexibility index (Phi) is 15.1. The van der Waals surface area contributed by atoms with Crippen LogP contribution in [0.5, 0.6) is 0 Å². The molecule has 0 spiro atoms. The minimum absolute atomic E-state index is 0.0487. The Labute approximate surface area is 394 Å². The van der Waals surface area contributed by atoms with Gasteiger partial charge in [-0.05, 0) is 0 Å². The molecule has 27 heavy (non-hydrogen) atoms. The van der Waals surface area contributed by atoms with Crippen LogP contribution in [0.2, 0.25) is 0 Å². The van der Waals surface area contributed by atoms with Gasteiger partial charge in [-0.25, -0.2) is 0 Å². The summed E-state index contributed by atoms with van der Waals surface area (Å²) in [5.41, 5.74) is 1.72. The van der Waals surface area contributed by atoms with E-state index in [-0.39, 0.29) is 214 Å². The fourth-order valence-electron chi connectivity index (χ4n) is 5.12. The van der Waals surface area contributed by atoms with Gasteiger partial charge in [0.2, 0.25) is 0 Å². The first-order valence-electron chi connectivity index (χ1n) is 9.45. The Morgan fingerprint density at radius 2 is 0.889 bits per heavy atom. The van der Waals surface area contributed by atoms with Crippen molar-refractivity contribution in [3.63, 3.8) is 0 Å². The van der Waals surface area contributed by atoms with Crippen molar-refractivity contribution in [2.75, 3.05) is 6.26 Å². The SMILES string of the molecule is Cc1[c]([RaH])[c]([RaH])c2[c]([RaH])c3[c]([RaH])c(S(C)(=O)=O)[c]([RaH])[c]([RaH])c3[c]([RaH])c2[c]1[RaH]. The predicted octanol–water partition coefficient (Wildman–Crippen LogP) is -5.04. The molecule has 0 aliphatic heterocycles. The summed E-state index contributed by atoms with van der Waals surface area (Å²) in [7, 11) is -3.06. The van der Waals surface area contributed by atoms with E-state index in [1.54, 1.807) is 28.9 Å². The third kappa shape index (κ3) is 6.45. The summed E-state index contributed by atoms with van der Waals surface area (Å²) in [5.74, 6) is 0. The van der Waals surface area contributed by atoms with Crippen molar-refractivity contribution in [2.45, 2.75) is 11.8 Å². The van der Waals surface area contributed by atoms with Crippen LogP contribution in [0.25, 0.3) is 21.5 Å². The summed E-state index contributed by atoms with van der Waals surface area (Å²) in [4.78, 5) is 0.864. The number of sulfone groups is 1. The van der Waals surface area contributed by atoms with E-state index in [0.717, 1.165) is 4.90 Å². The number of hydrogen-bond acceptors (Lipinski definition) is 2. The Balaban J connectivity index is 2.83. The van der Waals surface area contributed by atoms with Crippen LogP contribution >= 0.6 is 0 Å². The number of hydrogen-bond donors (Lipinski definition) is 0. The van der Waals surface area contributed by atoms with Crippen molar-refractivity contribution < 1.29 is 351 Å². The van der Waals surface area contributed by atoms with Crippen LogP contribution in [0, 0.1) is 349 Å². The summed E-state index contributed by atoms with van der Waals surface area (Å²) in [6.45, 7) is 2.43. The second-order valence-corrected chi connectivity index (χ2v) is 43.1. The second-order valence-electron chi connectivity index (χ2n) is 8.23. The van der Waals surface area contributed by atoms with Gasteiger partial charge >= 0.3 is 411 Å². The van der Waals surface area contributed by atoms with E-state index in [4.69, 9.17) is 0 Å². The molecule has 0 saturated carbocycles. The van der Waals surface area contributed by atoms with Crippen LogP contribution < -0.4 is 4.83 Å². The average molecular weight is 2080 g/mol. The molecule has 0 bridgehead atoms. The van der Waals surface area contributed by atoms with E-state index in [2.05, 4.69) is 6.92 Å². The van der Waals surface area contributed by atoms with Crippen LogP contribution in [0.1, 0.15) is 5.56 Å².